The van der Waals surface area contributed by atoms with Crippen molar-refractivity contribution in [1.29, 1.82) is 0 Å². The van der Waals surface area contributed by atoms with Crippen LogP contribution < -0.4 is 0 Å². The maximum atomic E-state index is 11.3. The van der Waals surface area contributed by atoms with Gasteiger partial charge in [-0.3, -0.25) is 9.58 Å². The van der Waals surface area contributed by atoms with Gasteiger partial charge >= 0.3 is 12.1 Å². The van der Waals surface area contributed by atoms with Gasteiger partial charge in [0.15, 0.2) is 6.04 Å². The van der Waals surface area contributed by atoms with Crippen molar-refractivity contribution in [3.05, 3.63) is 18.0 Å². The number of aryl methyl sites for hydroxylation is 1. The van der Waals surface area contributed by atoms with Gasteiger partial charge in [-0.05, 0) is 6.07 Å². The summed E-state index contributed by atoms with van der Waals surface area (Å²) in [6.45, 7) is 0.0817. The number of carboxylic acids is 1. The van der Waals surface area contributed by atoms with Crippen molar-refractivity contribution in [2.75, 3.05) is 6.61 Å². The van der Waals surface area contributed by atoms with Crippen LogP contribution in [0.2, 0.25) is 0 Å². The Morgan fingerprint density at radius 1 is 1.75 bits per heavy atom. The first-order valence-electron chi connectivity index (χ1n) is 4.72. The zero-order valence-corrected chi connectivity index (χ0v) is 8.66. The van der Waals surface area contributed by atoms with E-state index >= 15 is 0 Å². The summed E-state index contributed by atoms with van der Waals surface area (Å²) in [4.78, 5) is 23.4. The molecule has 0 bridgehead atoms. The second-order valence-corrected chi connectivity index (χ2v) is 3.51. The summed E-state index contributed by atoms with van der Waals surface area (Å²) < 4.78 is 6.29. The van der Waals surface area contributed by atoms with E-state index in [0.29, 0.717) is 0 Å². The number of ether oxygens (including phenoxy) is 1. The van der Waals surface area contributed by atoms with E-state index in [1.54, 1.807) is 24.0 Å². The minimum atomic E-state index is -1.06. The fourth-order valence-corrected chi connectivity index (χ4v) is 1.56. The van der Waals surface area contributed by atoms with Crippen LogP contribution in [0.15, 0.2) is 12.3 Å². The zero-order chi connectivity index (χ0) is 11.7. The second kappa shape index (κ2) is 3.84. The molecule has 7 heteroatoms. The minimum Gasteiger partial charge on any atom is -0.480 e. The van der Waals surface area contributed by atoms with Gasteiger partial charge in [-0.2, -0.15) is 5.10 Å². The standard InChI is InChI=1S/C9H11N3O4/c1-11-6(2-3-10-11)4-12-7(8(13)14)5-16-9(12)15/h2-3,7H,4-5H2,1H3,(H,13,14). The highest BCUT2D eigenvalue weighted by atomic mass is 16.6. The van der Waals surface area contributed by atoms with Gasteiger partial charge in [0, 0.05) is 13.2 Å². The Bertz CT molecular complexity index is 428. The summed E-state index contributed by atoms with van der Waals surface area (Å²) >= 11 is 0. The van der Waals surface area contributed by atoms with Crippen molar-refractivity contribution >= 4 is 12.1 Å². The van der Waals surface area contributed by atoms with Crippen LogP contribution in [0.1, 0.15) is 5.69 Å². The normalized spacial score (nSPS) is 19.9. The summed E-state index contributed by atoms with van der Waals surface area (Å²) in [5.74, 6) is -1.06. The van der Waals surface area contributed by atoms with Crippen LogP contribution in [0.25, 0.3) is 0 Å². The van der Waals surface area contributed by atoms with E-state index < -0.39 is 18.1 Å². The topological polar surface area (TPSA) is 84.7 Å². The number of carbonyl (C=O) groups is 2. The Hall–Kier alpha value is -2.05. The lowest BCUT2D eigenvalue weighted by Crippen LogP contribution is -2.39. The molecule has 1 unspecified atom stereocenters. The number of rotatable bonds is 3. The van der Waals surface area contributed by atoms with Crippen molar-refractivity contribution < 1.29 is 19.4 Å². The molecule has 1 amide bonds. The van der Waals surface area contributed by atoms with Crippen molar-refractivity contribution in [2.24, 2.45) is 7.05 Å². The lowest BCUT2D eigenvalue weighted by Gasteiger charge is -2.17. The van der Waals surface area contributed by atoms with Crippen LogP contribution in [-0.4, -0.2) is 44.5 Å². The number of aromatic nitrogens is 2. The first-order valence-corrected chi connectivity index (χ1v) is 4.72. The maximum Gasteiger partial charge on any atom is 0.411 e. The lowest BCUT2D eigenvalue weighted by molar-refractivity contribution is -0.141. The Morgan fingerprint density at radius 3 is 3.06 bits per heavy atom. The number of aliphatic carboxylic acids is 1. The van der Waals surface area contributed by atoms with Gasteiger partial charge in [0.25, 0.3) is 0 Å². The lowest BCUT2D eigenvalue weighted by atomic mass is 10.3. The molecule has 1 atom stereocenters. The highest BCUT2D eigenvalue weighted by Gasteiger charge is 2.38. The molecule has 0 saturated carbocycles. The summed E-state index contributed by atoms with van der Waals surface area (Å²) in [5, 5.41) is 12.8. The van der Waals surface area contributed by atoms with E-state index in [1.165, 1.54) is 4.90 Å². The van der Waals surface area contributed by atoms with Gasteiger partial charge < -0.3 is 9.84 Å². The smallest absolute Gasteiger partial charge is 0.411 e. The maximum absolute atomic E-state index is 11.3. The molecule has 0 spiro atoms. The fraction of sp³-hybridized carbons (Fsp3) is 0.444. The molecule has 1 aromatic rings. The van der Waals surface area contributed by atoms with Crippen LogP contribution in [-0.2, 0) is 23.1 Å². The van der Waals surface area contributed by atoms with Crippen molar-refractivity contribution in [2.45, 2.75) is 12.6 Å². The van der Waals surface area contributed by atoms with Gasteiger partial charge in [0.05, 0.1) is 12.2 Å². The molecule has 1 saturated heterocycles. The number of cyclic esters (lactones) is 1. The molecule has 0 aliphatic carbocycles. The van der Waals surface area contributed by atoms with Gasteiger partial charge in [-0.1, -0.05) is 0 Å². The van der Waals surface area contributed by atoms with Gasteiger partial charge in [0.1, 0.15) is 6.61 Å². The summed E-state index contributed by atoms with van der Waals surface area (Å²) in [6.07, 6.45) is 0.987. The molecule has 16 heavy (non-hydrogen) atoms. The molecule has 0 radical (unpaired) electrons. The predicted octanol–water partition coefficient (Wildman–Crippen LogP) is -0.175. The SMILES string of the molecule is Cn1nccc1CN1C(=O)OCC1C(=O)O. The Labute approximate surface area is 91.2 Å². The average molecular weight is 225 g/mol. The number of carbonyl (C=O) groups excluding carboxylic acids is 1. The molecule has 1 aliphatic rings. The van der Waals surface area contributed by atoms with Gasteiger partial charge in [0.2, 0.25) is 0 Å². The minimum absolute atomic E-state index is 0.105. The van der Waals surface area contributed by atoms with Crippen LogP contribution in [0.3, 0.4) is 0 Å². The Morgan fingerprint density at radius 2 is 2.50 bits per heavy atom. The highest BCUT2D eigenvalue weighted by Crippen LogP contribution is 2.16. The first-order chi connectivity index (χ1) is 7.59. The van der Waals surface area contributed by atoms with Crippen LogP contribution >= 0.6 is 0 Å². The van der Waals surface area contributed by atoms with E-state index in [2.05, 4.69) is 5.10 Å². The quantitative estimate of drug-likeness (QED) is 0.771. The predicted molar refractivity (Wildman–Crippen MR) is 51.5 cm³/mol. The van der Waals surface area contributed by atoms with E-state index in [-0.39, 0.29) is 13.2 Å². The Kier molecular flexibility index (Phi) is 2.51. The van der Waals surface area contributed by atoms with Crippen molar-refractivity contribution in [1.82, 2.24) is 14.7 Å². The van der Waals surface area contributed by atoms with Crippen molar-refractivity contribution in [3.8, 4) is 0 Å². The molecule has 2 rings (SSSR count). The number of carboxylic acid groups (broad SMARTS) is 1. The molecule has 0 aromatic carbocycles. The zero-order valence-electron chi connectivity index (χ0n) is 8.66. The number of nitrogens with zero attached hydrogens (tertiary/aromatic N) is 3. The summed E-state index contributed by atoms with van der Waals surface area (Å²) in [6, 6.07) is 0.812. The molecule has 1 aromatic heterocycles. The summed E-state index contributed by atoms with van der Waals surface area (Å²) in [5.41, 5.74) is 0.755. The van der Waals surface area contributed by atoms with E-state index in [4.69, 9.17) is 9.84 Å². The molecular formula is C9H11N3O4. The van der Waals surface area contributed by atoms with E-state index in [9.17, 15) is 9.59 Å². The molecule has 86 valence electrons. The first kappa shape index (κ1) is 10.5. The molecular weight excluding hydrogens is 214 g/mol. The molecule has 2 heterocycles. The van der Waals surface area contributed by atoms with Gasteiger partial charge in [-0.25, -0.2) is 9.59 Å². The third-order valence-corrected chi connectivity index (χ3v) is 2.52. The Balaban J connectivity index is 2.16. The van der Waals surface area contributed by atoms with Crippen molar-refractivity contribution in [3.63, 3.8) is 0 Å². The second-order valence-electron chi connectivity index (χ2n) is 3.51. The van der Waals surface area contributed by atoms with Crippen LogP contribution in [0.4, 0.5) is 4.79 Å². The van der Waals surface area contributed by atoms with Crippen LogP contribution in [0, 0.1) is 0 Å². The average Bonchev–Trinajstić information content (AvgIpc) is 2.76. The molecule has 1 fully saturated rings. The highest BCUT2D eigenvalue weighted by molar-refractivity contribution is 5.82. The van der Waals surface area contributed by atoms with E-state index in [0.717, 1.165) is 5.69 Å². The molecule has 1 aliphatic heterocycles. The third-order valence-electron chi connectivity index (χ3n) is 2.52. The van der Waals surface area contributed by atoms with Crippen LogP contribution in [0.5, 0.6) is 0 Å². The summed E-state index contributed by atoms with van der Waals surface area (Å²) in [7, 11) is 1.73. The largest absolute Gasteiger partial charge is 0.480 e. The number of hydrogen-bond acceptors (Lipinski definition) is 4. The monoisotopic (exact) mass is 225 g/mol. The molecule has 7 nitrogen and oxygen atoms in total. The fourth-order valence-electron chi connectivity index (χ4n) is 1.56. The number of amides is 1. The number of hydrogen-bond donors (Lipinski definition) is 1. The van der Waals surface area contributed by atoms with Gasteiger partial charge in [-0.15, -0.1) is 0 Å². The third kappa shape index (κ3) is 1.71. The van der Waals surface area contributed by atoms with E-state index in [1.807, 2.05) is 0 Å². The molecule has 1 N–H and O–H groups in total.